The molecule has 7 nitrogen and oxygen atoms in total. The molecule has 0 bridgehead atoms. The van der Waals surface area contributed by atoms with Gasteiger partial charge in [0.2, 0.25) is 0 Å². The van der Waals surface area contributed by atoms with E-state index in [9.17, 15) is 9.90 Å². The van der Waals surface area contributed by atoms with Gasteiger partial charge in [-0.2, -0.15) is 0 Å². The van der Waals surface area contributed by atoms with Crippen LogP contribution in [-0.2, 0) is 11.2 Å². The Morgan fingerprint density at radius 2 is 1.88 bits per heavy atom. The van der Waals surface area contributed by atoms with Crippen LogP contribution in [0.5, 0.6) is 0 Å². The molecule has 2 fully saturated rings. The molecule has 7 heteroatoms. The molecule has 0 spiro atoms. The summed E-state index contributed by atoms with van der Waals surface area (Å²) in [6.45, 7) is 3.08. The number of amides is 1. The topological polar surface area (TPSA) is 79.6 Å². The van der Waals surface area contributed by atoms with E-state index in [1.54, 1.807) is 6.33 Å². The van der Waals surface area contributed by atoms with E-state index in [2.05, 4.69) is 22.4 Å². The first-order valence-corrected chi connectivity index (χ1v) is 11.7. The van der Waals surface area contributed by atoms with E-state index in [-0.39, 0.29) is 18.0 Å². The SMILES string of the molecule is O=C(c1ncn([C@@H]2COCC[C@H]2O)c1-c1ccccc1)N1CCNC[C@H]1Cc1ccccc1. The van der Waals surface area contributed by atoms with Crippen LogP contribution in [0.25, 0.3) is 11.3 Å². The summed E-state index contributed by atoms with van der Waals surface area (Å²) in [6.07, 6.45) is 2.50. The lowest BCUT2D eigenvalue weighted by Crippen LogP contribution is -2.54. The predicted molar refractivity (Wildman–Crippen MR) is 126 cm³/mol. The van der Waals surface area contributed by atoms with Crippen molar-refractivity contribution in [2.24, 2.45) is 0 Å². The van der Waals surface area contributed by atoms with Crippen LogP contribution < -0.4 is 5.32 Å². The molecule has 172 valence electrons. The Hall–Kier alpha value is -3.00. The Morgan fingerprint density at radius 3 is 2.64 bits per heavy atom. The number of aliphatic hydroxyl groups is 1. The number of nitrogens with zero attached hydrogens (tertiary/aromatic N) is 3. The van der Waals surface area contributed by atoms with Gasteiger partial charge < -0.3 is 24.6 Å². The van der Waals surface area contributed by atoms with Crippen molar-refractivity contribution in [1.29, 1.82) is 0 Å². The van der Waals surface area contributed by atoms with Crippen molar-refractivity contribution >= 4 is 5.91 Å². The second kappa shape index (κ2) is 9.87. The van der Waals surface area contributed by atoms with Gasteiger partial charge in [0.25, 0.3) is 5.91 Å². The van der Waals surface area contributed by atoms with Gasteiger partial charge in [-0.25, -0.2) is 4.98 Å². The molecule has 33 heavy (non-hydrogen) atoms. The Kier molecular flexibility index (Phi) is 6.53. The predicted octanol–water partition coefficient (Wildman–Crippen LogP) is 2.53. The lowest BCUT2D eigenvalue weighted by Gasteiger charge is -2.36. The number of ether oxygens (including phenoxy) is 1. The Bertz CT molecular complexity index is 1070. The molecule has 0 radical (unpaired) electrons. The van der Waals surface area contributed by atoms with Gasteiger partial charge in [-0.05, 0) is 18.4 Å². The van der Waals surface area contributed by atoms with Gasteiger partial charge in [0.15, 0.2) is 5.69 Å². The summed E-state index contributed by atoms with van der Waals surface area (Å²) in [7, 11) is 0. The van der Waals surface area contributed by atoms with Crippen molar-refractivity contribution in [3.63, 3.8) is 0 Å². The summed E-state index contributed by atoms with van der Waals surface area (Å²) in [5.41, 5.74) is 3.29. The highest BCUT2D eigenvalue weighted by molar-refractivity contribution is 5.98. The monoisotopic (exact) mass is 446 g/mol. The average molecular weight is 447 g/mol. The molecule has 0 unspecified atom stereocenters. The summed E-state index contributed by atoms with van der Waals surface area (Å²) >= 11 is 0. The lowest BCUT2D eigenvalue weighted by molar-refractivity contribution is -0.0286. The Labute approximate surface area is 194 Å². The summed E-state index contributed by atoms with van der Waals surface area (Å²) in [5.74, 6) is -0.0683. The molecule has 3 heterocycles. The van der Waals surface area contributed by atoms with Gasteiger partial charge >= 0.3 is 0 Å². The van der Waals surface area contributed by atoms with Gasteiger partial charge in [0, 0.05) is 37.8 Å². The molecule has 2 aliphatic heterocycles. The van der Waals surface area contributed by atoms with Gasteiger partial charge in [-0.3, -0.25) is 4.79 Å². The highest BCUT2D eigenvalue weighted by atomic mass is 16.5. The minimum absolute atomic E-state index is 0.0472. The summed E-state index contributed by atoms with van der Waals surface area (Å²) in [4.78, 5) is 20.5. The van der Waals surface area contributed by atoms with Crippen molar-refractivity contribution in [3.8, 4) is 11.3 Å². The number of aromatic nitrogens is 2. The maximum atomic E-state index is 13.9. The van der Waals surface area contributed by atoms with Gasteiger partial charge in [0.1, 0.15) is 0 Å². The van der Waals surface area contributed by atoms with Crippen molar-refractivity contribution < 1.29 is 14.6 Å². The van der Waals surface area contributed by atoms with Crippen LogP contribution in [0.4, 0.5) is 0 Å². The van der Waals surface area contributed by atoms with E-state index >= 15 is 0 Å². The Morgan fingerprint density at radius 1 is 1.12 bits per heavy atom. The number of imidazole rings is 1. The molecule has 1 aromatic heterocycles. The second-order valence-corrected chi connectivity index (χ2v) is 8.76. The molecule has 2 aromatic carbocycles. The molecule has 5 rings (SSSR count). The number of piperazine rings is 1. The second-order valence-electron chi connectivity index (χ2n) is 8.76. The molecule has 3 aromatic rings. The average Bonchev–Trinajstić information content (AvgIpc) is 3.30. The molecule has 2 saturated heterocycles. The first-order chi connectivity index (χ1) is 16.2. The van der Waals surface area contributed by atoms with E-state index in [1.807, 2.05) is 58.0 Å². The van der Waals surface area contributed by atoms with Crippen molar-refractivity contribution in [1.82, 2.24) is 19.8 Å². The van der Waals surface area contributed by atoms with Crippen LogP contribution in [-0.4, -0.2) is 70.5 Å². The summed E-state index contributed by atoms with van der Waals surface area (Å²) < 4.78 is 7.59. The third kappa shape index (κ3) is 4.57. The molecule has 3 atom stereocenters. The minimum atomic E-state index is -0.539. The first kappa shape index (κ1) is 21.8. The van der Waals surface area contributed by atoms with Crippen molar-refractivity contribution in [3.05, 3.63) is 78.2 Å². The summed E-state index contributed by atoms with van der Waals surface area (Å²) in [5, 5.41) is 14.1. The Balaban J connectivity index is 1.50. The summed E-state index contributed by atoms with van der Waals surface area (Å²) in [6, 6.07) is 19.9. The third-order valence-corrected chi connectivity index (χ3v) is 6.62. The molecule has 0 saturated carbocycles. The van der Waals surface area contributed by atoms with Crippen LogP contribution >= 0.6 is 0 Å². The van der Waals surface area contributed by atoms with Crippen LogP contribution in [0.15, 0.2) is 67.0 Å². The quantitative estimate of drug-likeness (QED) is 0.630. The van der Waals surface area contributed by atoms with Gasteiger partial charge in [0.05, 0.1) is 30.8 Å². The standard InChI is InChI=1S/C26H30N4O3/c31-23-11-14-33-17-22(23)30-18-28-24(25(30)20-9-5-2-6-10-20)26(32)29-13-12-27-16-21(29)15-19-7-3-1-4-8-19/h1-10,18,21-23,27,31H,11-17H2/t21-,22-,23-/m1/s1. The normalized spacial score (nSPS) is 23.4. The maximum Gasteiger partial charge on any atom is 0.275 e. The number of benzene rings is 2. The minimum Gasteiger partial charge on any atom is -0.391 e. The number of hydrogen-bond donors (Lipinski definition) is 2. The number of carbonyl (C=O) groups is 1. The fraction of sp³-hybridized carbons (Fsp3) is 0.385. The largest absolute Gasteiger partial charge is 0.391 e. The molecule has 2 N–H and O–H groups in total. The van der Waals surface area contributed by atoms with E-state index in [4.69, 9.17) is 4.74 Å². The van der Waals surface area contributed by atoms with Crippen LogP contribution in [0, 0.1) is 0 Å². The maximum absolute atomic E-state index is 13.9. The highest BCUT2D eigenvalue weighted by Gasteiger charge is 2.34. The number of hydrogen-bond acceptors (Lipinski definition) is 5. The van der Waals surface area contributed by atoms with Crippen molar-refractivity contribution in [2.45, 2.75) is 31.0 Å². The number of nitrogens with one attached hydrogen (secondary N) is 1. The van der Waals surface area contributed by atoms with Crippen LogP contribution in [0.3, 0.4) is 0 Å². The smallest absolute Gasteiger partial charge is 0.275 e. The zero-order chi connectivity index (χ0) is 22.6. The van der Waals surface area contributed by atoms with Crippen LogP contribution in [0.1, 0.15) is 28.5 Å². The van der Waals surface area contributed by atoms with E-state index < -0.39 is 6.10 Å². The molecule has 0 aliphatic carbocycles. The van der Waals surface area contributed by atoms with Crippen molar-refractivity contribution in [2.75, 3.05) is 32.8 Å². The molecule has 2 aliphatic rings. The zero-order valence-corrected chi connectivity index (χ0v) is 18.6. The highest BCUT2D eigenvalue weighted by Crippen LogP contribution is 2.31. The van der Waals surface area contributed by atoms with Gasteiger partial charge in [-0.1, -0.05) is 60.7 Å². The molecule has 1 amide bonds. The number of aliphatic hydroxyl groups excluding tert-OH is 1. The fourth-order valence-electron chi connectivity index (χ4n) is 4.86. The molecular formula is C26H30N4O3. The van der Waals surface area contributed by atoms with Gasteiger partial charge in [-0.15, -0.1) is 0 Å². The number of rotatable bonds is 5. The lowest BCUT2D eigenvalue weighted by atomic mass is 10.0. The fourth-order valence-corrected chi connectivity index (χ4v) is 4.86. The van der Waals surface area contributed by atoms with E-state index in [0.29, 0.717) is 31.9 Å². The van der Waals surface area contributed by atoms with E-state index in [1.165, 1.54) is 5.56 Å². The molecular weight excluding hydrogens is 416 g/mol. The first-order valence-electron chi connectivity index (χ1n) is 11.7. The van der Waals surface area contributed by atoms with E-state index in [0.717, 1.165) is 30.8 Å². The number of carbonyl (C=O) groups excluding carboxylic acids is 1. The zero-order valence-electron chi connectivity index (χ0n) is 18.6. The third-order valence-electron chi connectivity index (χ3n) is 6.62. The van der Waals surface area contributed by atoms with Crippen LogP contribution in [0.2, 0.25) is 0 Å².